The van der Waals surface area contributed by atoms with Crippen LogP contribution in [0.4, 0.5) is 0 Å². The smallest absolute Gasteiger partial charge is 0.335 e. The number of ketones is 2. The van der Waals surface area contributed by atoms with E-state index in [0.29, 0.717) is 11.8 Å². The van der Waals surface area contributed by atoms with Gasteiger partial charge in [0.2, 0.25) is 0 Å². The Morgan fingerprint density at radius 2 is 1.81 bits per heavy atom. The Morgan fingerprint density at radius 3 is 2.37 bits per heavy atom. The largest absolute Gasteiger partial charge is 0.472 e. The van der Waals surface area contributed by atoms with Crippen LogP contribution in [0.25, 0.3) is 0 Å². The van der Waals surface area contributed by atoms with Gasteiger partial charge in [0.1, 0.15) is 23.6 Å². The molecule has 3 heterocycles. The van der Waals surface area contributed by atoms with Crippen LogP contribution in [0.1, 0.15) is 78.9 Å². The van der Waals surface area contributed by atoms with Gasteiger partial charge in [-0.05, 0) is 30.2 Å². The second-order valence-corrected chi connectivity index (χ2v) is 13.7. The molecule has 43 heavy (non-hydrogen) atoms. The first kappa shape index (κ1) is 31.1. The van der Waals surface area contributed by atoms with Crippen LogP contribution in [0.5, 0.6) is 0 Å². The minimum atomic E-state index is -1.79. The number of methoxy groups -OCH3 is 1. The van der Waals surface area contributed by atoms with Crippen molar-refractivity contribution >= 4 is 35.8 Å². The summed E-state index contributed by atoms with van der Waals surface area (Å²) in [5, 5.41) is 0. The van der Waals surface area contributed by atoms with Gasteiger partial charge in [-0.25, -0.2) is 4.79 Å². The van der Waals surface area contributed by atoms with Gasteiger partial charge in [-0.15, -0.1) is 0 Å². The molecule has 0 N–H and O–H groups in total. The zero-order chi connectivity index (χ0) is 31.7. The van der Waals surface area contributed by atoms with Gasteiger partial charge in [0.15, 0.2) is 18.0 Å². The minimum Gasteiger partial charge on any atom is -0.472 e. The summed E-state index contributed by atoms with van der Waals surface area (Å²) in [5.41, 5.74) is -4.47. The van der Waals surface area contributed by atoms with E-state index in [4.69, 9.17) is 23.4 Å². The molecule has 0 spiro atoms. The fourth-order valence-corrected chi connectivity index (χ4v) is 9.28. The zero-order valence-electron chi connectivity index (χ0n) is 25.7. The van der Waals surface area contributed by atoms with E-state index < -0.39 is 87.5 Å². The van der Waals surface area contributed by atoms with Gasteiger partial charge in [0.05, 0.1) is 25.7 Å². The Hall–Kier alpha value is -3.34. The fraction of sp³-hybridized carbons (Fsp3) is 0.688. The van der Waals surface area contributed by atoms with E-state index in [1.807, 2.05) is 13.8 Å². The average molecular weight is 601 g/mol. The first-order valence-electron chi connectivity index (χ1n) is 14.8. The molecule has 11 heteroatoms. The summed E-state index contributed by atoms with van der Waals surface area (Å²) in [6.45, 7) is 10.3. The zero-order valence-corrected chi connectivity index (χ0v) is 25.7. The molecule has 11 nitrogen and oxygen atoms in total. The van der Waals surface area contributed by atoms with Crippen molar-refractivity contribution in [2.24, 2.45) is 39.9 Å². The molecule has 2 aliphatic heterocycles. The van der Waals surface area contributed by atoms with Crippen LogP contribution >= 0.6 is 0 Å². The molecule has 1 aromatic heterocycles. The number of hydrogen-bond acceptors (Lipinski definition) is 11. The maximum atomic E-state index is 14.2. The van der Waals surface area contributed by atoms with E-state index in [9.17, 15) is 28.8 Å². The van der Waals surface area contributed by atoms with Crippen LogP contribution < -0.4 is 0 Å². The Labute approximate surface area is 250 Å². The maximum absolute atomic E-state index is 14.2. The standard InChI is InChI=1S/C32H40O11/c1-8-19(35)22-24-30(5,26(41-16(2)34)17-9-10-40-14-17)12-18(13-32(24,15-33)43-27(22)37)31(6)20(36)11-21-29(3,4)25(31)23(42-21)28(38)39-7/h9-10,14-15,18,21-26H,8,11-13H2,1-7H3. The molecule has 2 saturated heterocycles. The lowest BCUT2D eigenvalue weighted by atomic mass is 9.43. The summed E-state index contributed by atoms with van der Waals surface area (Å²) in [6.07, 6.45) is 0.975. The fourth-order valence-electron chi connectivity index (χ4n) is 9.28. The molecule has 2 aliphatic carbocycles. The number of carbonyl (C=O) groups excluding carboxylic acids is 6. The molecule has 0 radical (unpaired) electrons. The van der Waals surface area contributed by atoms with Crippen LogP contribution in [0.3, 0.4) is 0 Å². The third-order valence-electron chi connectivity index (χ3n) is 11.1. The summed E-state index contributed by atoms with van der Waals surface area (Å²) in [4.78, 5) is 79.8. The number of rotatable bonds is 8. The highest BCUT2D eigenvalue weighted by molar-refractivity contribution is 6.02. The summed E-state index contributed by atoms with van der Waals surface area (Å²) in [6, 6.07) is 1.62. The lowest BCUT2D eigenvalue weighted by Gasteiger charge is -2.58. The Kier molecular flexibility index (Phi) is 7.51. The van der Waals surface area contributed by atoms with Crippen molar-refractivity contribution in [3.63, 3.8) is 0 Å². The highest BCUT2D eigenvalue weighted by Gasteiger charge is 2.75. The Morgan fingerprint density at radius 1 is 1.12 bits per heavy atom. The molecule has 2 saturated carbocycles. The van der Waals surface area contributed by atoms with Gasteiger partial charge in [0, 0.05) is 48.0 Å². The molecule has 0 amide bonds. The quantitative estimate of drug-likeness (QED) is 0.186. The number of hydrogen-bond donors (Lipinski definition) is 0. The highest BCUT2D eigenvalue weighted by Crippen LogP contribution is 2.69. The van der Waals surface area contributed by atoms with Crippen molar-refractivity contribution in [2.45, 2.75) is 91.1 Å². The van der Waals surface area contributed by atoms with E-state index >= 15 is 0 Å². The average Bonchev–Trinajstić information content (AvgIpc) is 3.63. The predicted molar refractivity (Wildman–Crippen MR) is 147 cm³/mol. The van der Waals surface area contributed by atoms with Gasteiger partial charge in [-0.2, -0.15) is 0 Å². The van der Waals surface area contributed by atoms with Crippen LogP contribution in [-0.2, 0) is 47.7 Å². The highest BCUT2D eigenvalue weighted by atomic mass is 16.6. The topological polar surface area (TPSA) is 152 Å². The van der Waals surface area contributed by atoms with Crippen molar-refractivity contribution in [3.05, 3.63) is 24.2 Å². The number of carbonyl (C=O) groups is 6. The third kappa shape index (κ3) is 4.32. The van der Waals surface area contributed by atoms with E-state index in [1.54, 1.807) is 26.8 Å². The van der Waals surface area contributed by atoms with Crippen LogP contribution in [0.15, 0.2) is 23.0 Å². The van der Waals surface area contributed by atoms with Crippen molar-refractivity contribution in [1.29, 1.82) is 0 Å². The van der Waals surface area contributed by atoms with Crippen molar-refractivity contribution < 1.29 is 52.1 Å². The van der Waals surface area contributed by atoms with Crippen molar-refractivity contribution in [2.75, 3.05) is 7.11 Å². The molecule has 234 valence electrons. The summed E-state index contributed by atoms with van der Waals surface area (Å²) < 4.78 is 28.4. The van der Waals surface area contributed by atoms with E-state index in [2.05, 4.69) is 0 Å². The van der Waals surface area contributed by atoms with E-state index in [1.165, 1.54) is 26.6 Å². The van der Waals surface area contributed by atoms with Crippen LogP contribution in [0, 0.1) is 39.9 Å². The van der Waals surface area contributed by atoms with Crippen LogP contribution in [-0.4, -0.2) is 60.7 Å². The second kappa shape index (κ2) is 10.4. The lowest BCUT2D eigenvalue weighted by molar-refractivity contribution is -0.195. The Bertz CT molecular complexity index is 1350. The molecule has 2 bridgehead atoms. The van der Waals surface area contributed by atoms with E-state index in [-0.39, 0.29) is 31.5 Å². The molecule has 0 aromatic carbocycles. The number of esters is 3. The number of ether oxygens (including phenoxy) is 4. The van der Waals surface area contributed by atoms with Crippen LogP contribution in [0.2, 0.25) is 0 Å². The molecule has 10 unspecified atom stereocenters. The van der Waals surface area contributed by atoms with Gasteiger partial charge in [-0.1, -0.05) is 34.6 Å². The third-order valence-corrected chi connectivity index (χ3v) is 11.1. The van der Waals surface area contributed by atoms with Gasteiger partial charge in [-0.3, -0.25) is 24.0 Å². The molecule has 5 rings (SSSR count). The number of Topliss-reactive ketones (excluding diaryl/α,β-unsaturated/α-hetero) is 2. The summed E-state index contributed by atoms with van der Waals surface area (Å²) in [5.74, 6) is -6.14. The SMILES string of the molecule is CCC(=O)C1C(=O)OC2(C=O)CC(C3(C)C(=O)CC4OC(C(=O)OC)C3C4(C)C)CC(C)(C(OC(C)=O)c3ccoc3)C12. The Balaban J connectivity index is 1.74. The van der Waals surface area contributed by atoms with Crippen molar-refractivity contribution in [1.82, 2.24) is 0 Å². The second-order valence-electron chi connectivity index (χ2n) is 13.7. The number of aldehydes is 1. The first-order chi connectivity index (χ1) is 20.1. The molecule has 4 aliphatic rings. The molecule has 1 aromatic rings. The van der Waals surface area contributed by atoms with Gasteiger partial charge in [0.25, 0.3) is 0 Å². The molecule has 10 atom stereocenters. The molecule has 4 fully saturated rings. The molecular formula is C32H40O11. The monoisotopic (exact) mass is 600 g/mol. The predicted octanol–water partition coefficient (Wildman–Crippen LogP) is 3.57. The minimum absolute atomic E-state index is 0.0284. The summed E-state index contributed by atoms with van der Waals surface area (Å²) in [7, 11) is 1.27. The molecular weight excluding hydrogens is 560 g/mol. The van der Waals surface area contributed by atoms with E-state index in [0.717, 1.165) is 0 Å². The van der Waals surface area contributed by atoms with Gasteiger partial charge < -0.3 is 23.4 Å². The first-order valence-corrected chi connectivity index (χ1v) is 14.8. The lowest BCUT2D eigenvalue weighted by Crippen LogP contribution is -2.63. The van der Waals surface area contributed by atoms with Crippen molar-refractivity contribution in [3.8, 4) is 0 Å². The maximum Gasteiger partial charge on any atom is 0.335 e. The van der Waals surface area contributed by atoms with Gasteiger partial charge >= 0.3 is 17.9 Å². The normalized spacial score (nSPS) is 40.3. The summed E-state index contributed by atoms with van der Waals surface area (Å²) >= 11 is 0. The number of furan rings is 1. The number of fused-ring (bicyclic) bond motifs is 3.